The van der Waals surface area contributed by atoms with E-state index in [1.165, 1.54) is 43.4 Å². The Bertz CT molecular complexity index is 1360. The van der Waals surface area contributed by atoms with E-state index in [1.807, 2.05) is 44.2 Å². The predicted octanol–water partition coefficient (Wildman–Crippen LogP) is 3.84. The Morgan fingerprint density at radius 2 is 1.46 bits per heavy atom. The first-order valence-corrected chi connectivity index (χ1v) is 14.0. The van der Waals surface area contributed by atoms with Crippen molar-refractivity contribution in [1.29, 1.82) is 0 Å². The normalized spacial score (nSPS) is 11.9. The third-order valence-electron chi connectivity index (χ3n) is 6.07. The van der Waals surface area contributed by atoms with Gasteiger partial charge in [0.1, 0.15) is 24.1 Å². The van der Waals surface area contributed by atoms with Gasteiger partial charge >= 0.3 is 0 Å². The van der Waals surface area contributed by atoms with Gasteiger partial charge in [0.25, 0.3) is 10.0 Å². The number of amides is 2. The molecule has 3 aromatic carbocycles. The van der Waals surface area contributed by atoms with Crippen molar-refractivity contribution in [3.8, 4) is 11.5 Å². The minimum atomic E-state index is -4.23. The lowest BCUT2D eigenvalue weighted by atomic mass is 10.1. The summed E-state index contributed by atoms with van der Waals surface area (Å²) in [5.74, 6) is -0.111. The molecule has 0 spiro atoms. The van der Waals surface area contributed by atoms with Gasteiger partial charge in [-0.05, 0) is 62.7 Å². The molecule has 208 valence electrons. The standard InChI is InChI=1S/C29H35N3O6S/c1-21(2)30-29(34)22(3)31(19-23-11-7-6-8-12-23)28(33)20-32(26-13-9-10-14-27(26)38-5)39(35,36)25-17-15-24(37-4)16-18-25/h6-18,21-22H,19-20H2,1-5H3,(H,30,34). The second-order valence-electron chi connectivity index (χ2n) is 9.21. The van der Waals surface area contributed by atoms with Gasteiger partial charge in [0, 0.05) is 12.6 Å². The minimum absolute atomic E-state index is 0.0257. The third-order valence-corrected chi connectivity index (χ3v) is 7.85. The number of ether oxygens (including phenoxy) is 2. The molecule has 0 radical (unpaired) electrons. The number of hydrogen-bond donors (Lipinski definition) is 1. The van der Waals surface area contributed by atoms with Gasteiger partial charge < -0.3 is 19.7 Å². The number of nitrogens with one attached hydrogen (secondary N) is 1. The van der Waals surface area contributed by atoms with Crippen molar-refractivity contribution >= 4 is 27.5 Å². The van der Waals surface area contributed by atoms with Crippen LogP contribution < -0.4 is 19.1 Å². The van der Waals surface area contributed by atoms with Gasteiger partial charge in [0.05, 0.1) is 24.8 Å². The summed E-state index contributed by atoms with van der Waals surface area (Å²) in [6.07, 6.45) is 0. The van der Waals surface area contributed by atoms with E-state index in [0.717, 1.165) is 9.87 Å². The summed E-state index contributed by atoms with van der Waals surface area (Å²) in [5.41, 5.74) is 1.00. The van der Waals surface area contributed by atoms with Gasteiger partial charge in [0.2, 0.25) is 11.8 Å². The number of methoxy groups -OCH3 is 2. The number of nitrogens with zero attached hydrogens (tertiary/aromatic N) is 2. The van der Waals surface area contributed by atoms with Crippen LogP contribution >= 0.6 is 0 Å². The van der Waals surface area contributed by atoms with Crippen LogP contribution in [0.25, 0.3) is 0 Å². The summed E-state index contributed by atoms with van der Waals surface area (Å²) in [4.78, 5) is 28.2. The Balaban J connectivity index is 2.06. The van der Waals surface area contributed by atoms with E-state index in [4.69, 9.17) is 9.47 Å². The summed E-state index contributed by atoms with van der Waals surface area (Å²) >= 11 is 0. The van der Waals surface area contributed by atoms with Crippen LogP contribution in [0, 0.1) is 0 Å². The maximum Gasteiger partial charge on any atom is 0.264 e. The Morgan fingerprint density at radius 1 is 0.846 bits per heavy atom. The van der Waals surface area contributed by atoms with E-state index in [-0.39, 0.29) is 34.8 Å². The summed E-state index contributed by atoms with van der Waals surface area (Å²) in [6, 6.07) is 20.7. The highest BCUT2D eigenvalue weighted by Crippen LogP contribution is 2.33. The lowest BCUT2D eigenvalue weighted by Crippen LogP contribution is -2.52. The molecule has 0 bridgehead atoms. The van der Waals surface area contributed by atoms with E-state index in [9.17, 15) is 18.0 Å². The molecule has 1 unspecified atom stereocenters. The number of carbonyl (C=O) groups excluding carboxylic acids is 2. The second kappa shape index (κ2) is 13.1. The largest absolute Gasteiger partial charge is 0.497 e. The van der Waals surface area contributed by atoms with Crippen molar-refractivity contribution in [3.63, 3.8) is 0 Å². The van der Waals surface area contributed by atoms with Gasteiger partial charge in [-0.25, -0.2) is 8.42 Å². The maximum absolute atomic E-state index is 13.9. The number of rotatable bonds is 12. The number of carbonyl (C=O) groups is 2. The molecule has 0 fully saturated rings. The number of para-hydroxylation sites is 2. The SMILES string of the molecule is COc1ccc(S(=O)(=O)N(CC(=O)N(Cc2ccccc2)C(C)C(=O)NC(C)C)c2ccccc2OC)cc1. The van der Waals surface area contributed by atoms with E-state index in [1.54, 1.807) is 31.2 Å². The van der Waals surface area contributed by atoms with Crippen molar-refractivity contribution in [3.05, 3.63) is 84.4 Å². The molecular weight excluding hydrogens is 518 g/mol. The van der Waals surface area contributed by atoms with Crippen LogP contribution in [-0.4, -0.2) is 58.0 Å². The van der Waals surface area contributed by atoms with E-state index < -0.39 is 28.5 Å². The van der Waals surface area contributed by atoms with Crippen molar-refractivity contribution in [2.75, 3.05) is 25.1 Å². The average molecular weight is 554 g/mol. The van der Waals surface area contributed by atoms with Gasteiger partial charge in [-0.15, -0.1) is 0 Å². The topological polar surface area (TPSA) is 105 Å². The summed E-state index contributed by atoms with van der Waals surface area (Å²) in [6.45, 7) is 4.86. The first-order valence-electron chi connectivity index (χ1n) is 12.5. The smallest absolute Gasteiger partial charge is 0.264 e. The molecule has 0 saturated carbocycles. The van der Waals surface area contributed by atoms with Gasteiger partial charge in [-0.2, -0.15) is 0 Å². The average Bonchev–Trinajstić information content (AvgIpc) is 2.94. The van der Waals surface area contributed by atoms with Crippen molar-refractivity contribution in [2.24, 2.45) is 0 Å². The first kappa shape index (κ1) is 29.5. The van der Waals surface area contributed by atoms with Crippen LogP contribution in [0.3, 0.4) is 0 Å². The molecule has 1 N–H and O–H groups in total. The molecule has 3 rings (SSSR count). The van der Waals surface area contributed by atoms with Crippen molar-refractivity contribution in [1.82, 2.24) is 10.2 Å². The van der Waals surface area contributed by atoms with Crippen LogP contribution in [0.5, 0.6) is 11.5 Å². The Kier molecular flexibility index (Phi) is 9.95. The summed E-state index contributed by atoms with van der Waals surface area (Å²) in [5, 5.41) is 2.84. The number of anilines is 1. The molecule has 0 aromatic heterocycles. The zero-order chi connectivity index (χ0) is 28.6. The van der Waals surface area contributed by atoms with E-state index in [2.05, 4.69) is 5.32 Å². The molecule has 39 heavy (non-hydrogen) atoms. The maximum atomic E-state index is 13.9. The third kappa shape index (κ3) is 7.29. The lowest BCUT2D eigenvalue weighted by molar-refractivity contribution is -0.139. The molecule has 1 atom stereocenters. The quantitative estimate of drug-likeness (QED) is 0.365. The van der Waals surface area contributed by atoms with E-state index in [0.29, 0.717) is 5.75 Å². The fourth-order valence-corrected chi connectivity index (χ4v) is 5.42. The summed E-state index contributed by atoms with van der Waals surface area (Å²) in [7, 11) is -1.31. The van der Waals surface area contributed by atoms with Crippen molar-refractivity contribution in [2.45, 2.75) is 44.3 Å². The number of sulfonamides is 1. The number of benzene rings is 3. The predicted molar refractivity (Wildman–Crippen MR) is 150 cm³/mol. The molecule has 10 heteroatoms. The highest BCUT2D eigenvalue weighted by molar-refractivity contribution is 7.92. The fraction of sp³-hybridized carbons (Fsp3) is 0.310. The molecule has 0 aliphatic heterocycles. The Hall–Kier alpha value is -4.05. The molecule has 0 aliphatic carbocycles. The first-order chi connectivity index (χ1) is 18.6. The van der Waals surface area contributed by atoms with Gasteiger partial charge in [-0.3, -0.25) is 13.9 Å². The monoisotopic (exact) mass is 553 g/mol. The number of hydrogen-bond acceptors (Lipinski definition) is 6. The molecular formula is C29H35N3O6S. The van der Waals surface area contributed by atoms with Gasteiger partial charge in [0.15, 0.2) is 0 Å². The van der Waals surface area contributed by atoms with Crippen LogP contribution in [0.15, 0.2) is 83.8 Å². The molecule has 2 amide bonds. The Morgan fingerprint density at radius 3 is 2.05 bits per heavy atom. The summed E-state index contributed by atoms with van der Waals surface area (Å²) < 4.78 is 39.5. The van der Waals surface area contributed by atoms with Crippen LogP contribution in [-0.2, 0) is 26.2 Å². The molecule has 3 aromatic rings. The fourth-order valence-electron chi connectivity index (χ4n) is 3.99. The van der Waals surface area contributed by atoms with Crippen molar-refractivity contribution < 1.29 is 27.5 Å². The zero-order valence-corrected chi connectivity index (χ0v) is 23.6. The lowest BCUT2D eigenvalue weighted by Gasteiger charge is -2.32. The zero-order valence-electron chi connectivity index (χ0n) is 22.8. The van der Waals surface area contributed by atoms with Crippen LogP contribution in [0.4, 0.5) is 5.69 Å². The Labute approximate surface area is 230 Å². The highest BCUT2D eigenvalue weighted by atomic mass is 32.2. The molecule has 0 heterocycles. The molecule has 0 aliphatic rings. The molecule has 9 nitrogen and oxygen atoms in total. The minimum Gasteiger partial charge on any atom is -0.497 e. The second-order valence-corrected chi connectivity index (χ2v) is 11.1. The van der Waals surface area contributed by atoms with E-state index >= 15 is 0 Å². The van der Waals surface area contributed by atoms with Crippen LogP contribution in [0.2, 0.25) is 0 Å². The molecule has 0 saturated heterocycles. The van der Waals surface area contributed by atoms with Crippen LogP contribution in [0.1, 0.15) is 26.3 Å². The van der Waals surface area contributed by atoms with Gasteiger partial charge in [-0.1, -0.05) is 42.5 Å². The highest BCUT2D eigenvalue weighted by Gasteiger charge is 2.33.